The number of aromatic nitrogens is 1. The van der Waals surface area contributed by atoms with Crippen molar-refractivity contribution in [2.75, 3.05) is 6.61 Å². The third-order valence-electron chi connectivity index (χ3n) is 2.21. The Bertz CT molecular complexity index is 326. The fourth-order valence-electron chi connectivity index (χ4n) is 1.15. The Balaban J connectivity index is 2.04. The van der Waals surface area contributed by atoms with E-state index in [1.807, 2.05) is 0 Å². The van der Waals surface area contributed by atoms with Crippen molar-refractivity contribution in [3.63, 3.8) is 0 Å². The van der Waals surface area contributed by atoms with Crippen LogP contribution >= 0.6 is 15.9 Å². The van der Waals surface area contributed by atoms with E-state index in [9.17, 15) is 0 Å². The summed E-state index contributed by atoms with van der Waals surface area (Å²) in [5.41, 5.74) is 0.638. The van der Waals surface area contributed by atoms with Gasteiger partial charge in [0.1, 0.15) is 5.75 Å². The van der Waals surface area contributed by atoms with Crippen LogP contribution in [0.1, 0.15) is 18.5 Å². The minimum Gasteiger partial charge on any atom is -0.492 e. The van der Waals surface area contributed by atoms with Crippen LogP contribution in [0.4, 0.5) is 0 Å². The molecule has 0 spiro atoms. The van der Waals surface area contributed by atoms with E-state index in [0.29, 0.717) is 5.69 Å². The molecule has 2 rings (SSSR count). The summed E-state index contributed by atoms with van der Waals surface area (Å²) in [7, 11) is 0. The highest BCUT2D eigenvalue weighted by molar-refractivity contribution is 9.10. The van der Waals surface area contributed by atoms with E-state index in [0.717, 1.165) is 22.7 Å². The first kappa shape index (κ1) is 9.93. The van der Waals surface area contributed by atoms with E-state index >= 15 is 0 Å². The van der Waals surface area contributed by atoms with Crippen molar-refractivity contribution < 1.29 is 9.84 Å². The van der Waals surface area contributed by atoms with Gasteiger partial charge >= 0.3 is 0 Å². The molecule has 1 heterocycles. The van der Waals surface area contributed by atoms with Crippen LogP contribution in [-0.4, -0.2) is 16.7 Å². The van der Waals surface area contributed by atoms with Gasteiger partial charge in [-0.05, 0) is 34.7 Å². The maximum absolute atomic E-state index is 8.91. The molecule has 0 saturated heterocycles. The van der Waals surface area contributed by atoms with E-state index < -0.39 is 0 Å². The van der Waals surface area contributed by atoms with Gasteiger partial charge in [0.05, 0.1) is 23.4 Å². The van der Waals surface area contributed by atoms with Gasteiger partial charge in [0.2, 0.25) is 0 Å². The van der Waals surface area contributed by atoms with Gasteiger partial charge in [0.25, 0.3) is 0 Å². The average molecular weight is 258 g/mol. The largest absolute Gasteiger partial charge is 0.492 e. The fourth-order valence-corrected chi connectivity index (χ4v) is 1.48. The summed E-state index contributed by atoms with van der Waals surface area (Å²) < 4.78 is 6.45. The monoisotopic (exact) mass is 257 g/mol. The van der Waals surface area contributed by atoms with Gasteiger partial charge in [-0.3, -0.25) is 4.98 Å². The molecule has 1 aliphatic rings. The van der Waals surface area contributed by atoms with Crippen LogP contribution in [0.15, 0.2) is 16.7 Å². The quantitative estimate of drug-likeness (QED) is 0.899. The second kappa shape index (κ2) is 4.28. The summed E-state index contributed by atoms with van der Waals surface area (Å²) in [6, 6.07) is 1.77. The Hall–Kier alpha value is -0.610. The fraction of sp³-hybridized carbons (Fsp3) is 0.500. The van der Waals surface area contributed by atoms with Crippen molar-refractivity contribution in [3.8, 4) is 5.75 Å². The Morgan fingerprint density at radius 1 is 1.57 bits per heavy atom. The number of pyridine rings is 1. The number of halogens is 1. The number of hydrogen-bond acceptors (Lipinski definition) is 3. The molecule has 1 saturated carbocycles. The van der Waals surface area contributed by atoms with Crippen molar-refractivity contribution in [1.29, 1.82) is 0 Å². The molecule has 0 bridgehead atoms. The van der Waals surface area contributed by atoms with Gasteiger partial charge in [0, 0.05) is 12.3 Å². The summed E-state index contributed by atoms with van der Waals surface area (Å²) in [5, 5.41) is 8.91. The number of aliphatic hydroxyl groups excluding tert-OH is 1. The van der Waals surface area contributed by atoms with Gasteiger partial charge in [-0.25, -0.2) is 0 Å². The van der Waals surface area contributed by atoms with Gasteiger partial charge in [0.15, 0.2) is 0 Å². The highest BCUT2D eigenvalue weighted by atomic mass is 79.9. The maximum atomic E-state index is 8.91. The molecule has 3 nitrogen and oxygen atoms in total. The molecule has 1 N–H and O–H groups in total. The molecule has 0 unspecified atom stereocenters. The second-order valence-electron chi connectivity index (χ2n) is 3.52. The molecule has 76 valence electrons. The van der Waals surface area contributed by atoms with Crippen LogP contribution in [0.25, 0.3) is 0 Å². The molecule has 1 aliphatic carbocycles. The predicted molar refractivity (Wildman–Crippen MR) is 56.1 cm³/mol. The normalized spacial score (nSPS) is 15.6. The third kappa shape index (κ3) is 2.45. The molecule has 4 heteroatoms. The number of hydrogen-bond donors (Lipinski definition) is 1. The molecular weight excluding hydrogens is 246 g/mol. The first-order chi connectivity index (χ1) is 6.79. The minimum atomic E-state index is -0.0485. The maximum Gasteiger partial charge on any atom is 0.136 e. The lowest BCUT2D eigenvalue weighted by Crippen LogP contribution is -2.01. The van der Waals surface area contributed by atoms with E-state index in [1.165, 1.54) is 12.8 Å². The molecule has 0 radical (unpaired) electrons. The Labute approximate surface area is 91.2 Å². The molecule has 0 aromatic carbocycles. The molecule has 0 atom stereocenters. The van der Waals surface area contributed by atoms with Crippen LogP contribution in [0.5, 0.6) is 5.75 Å². The first-order valence-corrected chi connectivity index (χ1v) is 5.47. The van der Waals surface area contributed by atoms with Gasteiger partial charge < -0.3 is 9.84 Å². The van der Waals surface area contributed by atoms with Crippen molar-refractivity contribution >= 4 is 15.9 Å². The van der Waals surface area contributed by atoms with Gasteiger partial charge in [-0.2, -0.15) is 0 Å². The zero-order valence-electron chi connectivity index (χ0n) is 7.74. The van der Waals surface area contributed by atoms with Gasteiger partial charge in [-0.1, -0.05) is 0 Å². The molecule has 1 aromatic rings. The first-order valence-electron chi connectivity index (χ1n) is 4.67. The number of rotatable bonds is 4. The number of ether oxygens (including phenoxy) is 1. The molecule has 1 aromatic heterocycles. The highest BCUT2D eigenvalue weighted by Gasteiger charge is 2.22. The lowest BCUT2D eigenvalue weighted by Gasteiger charge is -2.07. The SMILES string of the molecule is OCc1cc(OCC2CC2)c(Br)cn1. The summed E-state index contributed by atoms with van der Waals surface area (Å²) >= 11 is 3.36. The Kier molecular flexibility index (Phi) is 3.03. The predicted octanol–water partition coefficient (Wildman–Crippen LogP) is 2.13. The topological polar surface area (TPSA) is 42.4 Å². The molecule has 0 aliphatic heterocycles. The smallest absolute Gasteiger partial charge is 0.136 e. The van der Waals surface area contributed by atoms with Gasteiger partial charge in [-0.15, -0.1) is 0 Å². The molecular formula is C10H12BrNO2. The van der Waals surface area contributed by atoms with E-state index in [2.05, 4.69) is 20.9 Å². The van der Waals surface area contributed by atoms with Crippen molar-refractivity contribution in [2.24, 2.45) is 5.92 Å². The summed E-state index contributed by atoms with van der Waals surface area (Å²) in [6.45, 7) is 0.723. The Morgan fingerprint density at radius 3 is 3.00 bits per heavy atom. The zero-order valence-corrected chi connectivity index (χ0v) is 9.33. The van der Waals surface area contributed by atoms with Crippen molar-refractivity contribution in [1.82, 2.24) is 4.98 Å². The summed E-state index contributed by atoms with van der Waals surface area (Å²) in [4.78, 5) is 4.02. The van der Waals surface area contributed by atoms with Crippen LogP contribution in [0.2, 0.25) is 0 Å². The minimum absolute atomic E-state index is 0.0485. The van der Waals surface area contributed by atoms with E-state index in [1.54, 1.807) is 12.3 Å². The number of nitrogens with zero attached hydrogens (tertiary/aromatic N) is 1. The van der Waals surface area contributed by atoms with Crippen LogP contribution in [0.3, 0.4) is 0 Å². The molecule has 1 fully saturated rings. The summed E-state index contributed by atoms with van der Waals surface area (Å²) in [5.74, 6) is 1.50. The standard InChI is InChI=1S/C10H12BrNO2/c11-9-4-12-8(5-13)3-10(9)14-6-7-1-2-7/h3-4,7,13H,1-2,5-6H2. The van der Waals surface area contributed by atoms with E-state index in [4.69, 9.17) is 9.84 Å². The van der Waals surface area contributed by atoms with Crippen LogP contribution < -0.4 is 4.74 Å². The lowest BCUT2D eigenvalue weighted by atomic mass is 10.3. The molecule has 14 heavy (non-hydrogen) atoms. The average Bonchev–Trinajstić information content (AvgIpc) is 3.00. The van der Waals surface area contributed by atoms with E-state index in [-0.39, 0.29) is 6.61 Å². The van der Waals surface area contributed by atoms with Crippen molar-refractivity contribution in [3.05, 3.63) is 22.4 Å². The summed E-state index contributed by atoms with van der Waals surface area (Å²) in [6.07, 6.45) is 4.21. The third-order valence-corrected chi connectivity index (χ3v) is 2.81. The highest BCUT2D eigenvalue weighted by Crippen LogP contribution is 2.31. The van der Waals surface area contributed by atoms with Crippen molar-refractivity contribution in [2.45, 2.75) is 19.4 Å². The second-order valence-corrected chi connectivity index (χ2v) is 4.37. The zero-order chi connectivity index (χ0) is 9.97. The van der Waals surface area contributed by atoms with Crippen LogP contribution in [-0.2, 0) is 6.61 Å². The lowest BCUT2D eigenvalue weighted by molar-refractivity contribution is 0.272. The Morgan fingerprint density at radius 2 is 2.36 bits per heavy atom. The number of aliphatic hydroxyl groups is 1. The molecule has 0 amide bonds. The van der Waals surface area contributed by atoms with Crippen LogP contribution in [0, 0.1) is 5.92 Å².